The molecule has 1 aromatic rings. The van der Waals surface area contributed by atoms with Crippen LogP contribution in [-0.2, 0) is 4.79 Å². The largest absolute Gasteiger partial charge is 0.493 e. The standard InChI is InChI=1S/C13H19ClN2O2/c1-9-7-11(8-10(2)13(9)14)18-6-3-12(17)16-5-4-15/h7-8H,3-6,15H2,1-2H3,(H,16,17). The van der Waals surface area contributed by atoms with Crippen molar-refractivity contribution < 1.29 is 9.53 Å². The first kappa shape index (κ1) is 14.8. The zero-order valence-electron chi connectivity index (χ0n) is 10.8. The van der Waals surface area contributed by atoms with E-state index in [4.69, 9.17) is 22.1 Å². The molecule has 5 heteroatoms. The molecule has 1 rings (SSSR count). The van der Waals surface area contributed by atoms with E-state index in [0.717, 1.165) is 21.9 Å². The third kappa shape index (κ3) is 4.55. The first-order valence-corrected chi connectivity index (χ1v) is 6.28. The Hall–Kier alpha value is -1.26. The third-order valence-electron chi connectivity index (χ3n) is 2.47. The fourth-order valence-corrected chi connectivity index (χ4v) is 1.66. The molecule has 0 aliphatic carbocycles. The molecular formula is C13H19ClN2O2. The van der Waals surface area contributed by atoms with Gasteiger partial charge in [0.2, 0.25) is 5.91 Å². The Kier molecular flexibility index (Phi) is 5.95. The Morgan fingerprint density at radius 2 is 2.00 bits per heavy atom. The van der Waals surface area contributed by atoms with Gasteiger partial charge in [0.15, 0.2) is 0 Å². The summed E-state index contributed by atoms with van der Waals surface area (Å²) < 4.78 is 5.52. The van der Waals surface area contributed by atoms with E-state index in [2.05, 4.69) is 5.32 Å². The molecule has 0 spiro atoms. The van der Waals surface area contributed by atoms with Gasteiger partial charge in [0, 0.05) is 18.1 Å². The summed E-state index contributed by atoms with van der Waals surface area (Å²) >= 11 is 6.06. The lowest BCUT2D eigenvalue weighted by Gasteiger charge is -2.10. The van der Waals surface area contributed by atoms with Crippen molar-refractivity contribution in [3.05, 3.63) is 28.3 Å². The molecule has 0 saturated heterocycles. The van der Waals surface area contributed by atoms with Crippen LogP contribution in [0.2, 0.25) is 5.02 Å². The van der Waals surface area contributed by atoms with Crippen molar-refractivity contribution in [3.63, 3.8) is 0 Å². The summed E-state index contributed by atoms with van der Waals surface area (Å²) in [5.74, 6) is 0.684. The van der Waals surface area contributed by atoms with Gasteiger partial charge in [-0.1, -0.05) is 11.6 Å². The lowest BCUT2D eigenvalue weighted by atomic mass is 10.1. The van der Waals surface area contributed by atoms with Crippen LogP contribution in [0.3, 0.4) is 0 Å². The smallest absolute Gasteiger partial charge is 0.223 e. The van der Waals surface area contributed by atoms with Gasteiger partial charge in [-0.15, -0.1) is 0 Å². The first-order chi connectivity index (χ1) is 8.54. The quantitative estimate of drug-likeness (QED) is 0.828. The van der Waals surface area contributed by atoms with E-state index in [0.29, 0.717) is 26.1 Å². The van der Waals surface area contributed by atoms with Gasteiger partial charge in [-0.3, -0.25) is 4.79 Å². The van der Waals surface area contributed by atoms with Crippen molar-refractivity contribution >= 4 is 17.5 Å². The van der Waals surface area contributed by atoms with Crippen LogP contribution in [0.4, 0.5) is 0 Å². The van der Waals surface area contributed by atoms with Gasteiger partial charge in [-0.25, -0.2) is 0 Å². The minimum Gasteiger partial charge on any atom is -0.493 e. The number of benzene rings is 1. The van der Waals surface area contributed by atoms with Gasteiger partial charge in [0.25, 0.3) is 0 Å². The van der Waals surface area contributed by atoms with E-state index in [1.807, 2.05) is 26.0 Å². The molecule has 4 nitrogen and oxygen atoms in total. The molecule has 1 amide bonds. The molecule has 0 radical (unpaired) electrons. The molecule has 0 fully saturated rings. The van der Waals surface area contributed by atoms with Crippen LogP contribution in [-0.4, -0.2) is 25.6 Å². The summed E-state index contributed by atoms with van der Waals surface area (Å²) in [6, 6.07) is 3.74. The normalized spacial score (nSPS) is 10.2. The monoisotopic (exact) mass is 270 g/mol. The number of halogens is 1. The number of nitrogens with one attached hydrogen (secondary N) is 1. The van der Waals surface area contributed by atoms with Gasteiger partial charge in [0.1, 0.15) is 5.75 Å². The van der Waals surface area contributed by atoms with Gasteiger partial charge < -0.3 is 15.8 Å². The molecule has 0 atom stereocenters. The lowest BCUT2D eigenvalue weighted by molar-refractivity contribution is -0.121. The van der Waals surface area contributed by atoms with E-state index in [-0.39, 0.29) is 5.91 Å². The highest BCUT2D eigenvalue weighted by molar-refractivity contribution is 6.32. The van der Waals surface area contributed by atoms with Crippen LogP contribution in [0.5, 0.6) is 5.75 Å². The van der Waals surface area contributed by atoms with Crippen LogP contribution in [0, 0.1) is 13.8 Å². The minimum absolute atomic E-state index is 0.0529. The number of carbonyl (C=O) groups excluding carboxylic acids is 1. The lowest BCUT2D eigenvalue weighted by Crippen LogP contribution is -2.29. The van der Waals surface area contributed by atoms with Gasteiger partial charge in [-0.2, -0.15) is 0 Å². The SMILES string of the molecule is Cc1cc(OCCC(=O)NCCN)cc(C)c1Cl. The number of hydrogen-bond donors (Lipinski definition) is 2. The van der Waals surface area contributed by atoms with Crippen molar-refractivity contribution in [1.82, 2.24) is 5.32 Å². The van der Waals surface area contributed by atoms with Gasteiger partial charge in [-0.05, 0) is 37.1 Å². The number of aryl methyl sites for hydroxylation is 2. The summed E-state index contributed by atoms with van der Waals surface area (Å²) in [4.78, 5) is 11.3. The number of nitrogens with two attached hydrogens (primary N) is 1. The van der Waals surface area contributed by atoms with E-state index in [1.165, 1.54) is 0 Å². The minimum atomic E-state index is -0.0529. The van der Waals surface area contributed by atoms with Crippen molar-refractivity contribution in [1.29, 1.82) is 0 Å². The predicted octanol–water partition coefficient (Wildman–Crippen LogP) is 1.80. The fraction of sp³-hybridized carbons (Fsp3) is 0.462. The Bertz CT molecular complexity index is 398. The van der Waals surface area contributed by atoms with Crippen LogP contribution < -0.4 is 15.8 Å². The molecule has 18 heavy (non-hydrogen) atoms. The molecule has 0 aromatic heterocycles. The van der Waals surface area contributed by atoms with Crippen molar-refractivity contribution in [2.75, 3.05) is 19.7 Å². The first-order valence-electron chi connectivity index (χ1n) is 5.91. The molecule has 0 bridgehead atoms. The van der Waals surface area contributed by atoms with Crippen molar-refractivity contribution in [3.8, 4) is 5.75 Å². The Morgan fingerprint density at radius 1 is 1.39 bits per heavy atom. The fourth-order valence-electron chi connectivity index (χ4n) is 1.55. The molecule has 0 unspecified atom stereocenters. The number of hydrogen-bond acceptors (Lipinski definition) is 3. The number of amides is 1. The molecule has 1 aromatic carbocycles. The molecule has 0 heterocycles. The second-order valence-electron chi connectivity index (χ2n) is 4.11. The maximum absolute atomic E-state index is 11.3. The second kappa shape index (κ2) is 7.24. The summed E-state index contributed by atoms with van der Waals surface area (Å²) in [5, 5.41) is 3.44. The average molecular weight is 271 g/mol. The Morgan fingerprint density at radius 3 is 2.56 bits per heavy atom. The zero-order chi connectivity index (χ0) is 13.5. The van der Waals surface area contributed by atoms with E-state index >= 15 is 0 Å². The molecule has 0 aliphatic rings. The maximum atomic E-state index is 11.3. The number of rotatable bonds is 6. The summed E-state index contributed by atoms with van der Waals surface area (Å²) in [6.07, 6.45) is 0.320. The molecule has 100 valence electrons. The van der Waals surface area contributed by atoms with Gasteiger partial charge >= 0.3 is 0 Å². The van der Waals surface area contributed by atoms with E-state index in [1.54, 1.807) is 0 Å². The number of ether oxygens (including phenoxy) is 1. The highest BCUT2D eigenvalue weighted by atomic mass is 35.5. The number of carbonyl (C=O) groups is 1. The van der Waals surface area contributed by atoms with Crippen LogP contribution >= 0.6 is 11.6 Å². The van der Waals surface area contributed by atoms with Crippen LogP contribution in [0.15, 0.2) is 12.1 Å². The summed E-state index contributed by atoms with van der Waals surface area (Å²) in [7, 11) is 0. The Balaban J connectivity index is 2.42. The van der Waals surface area contributed by atoms with Crippen LogP contribution in [0.1, 0.15) is 17.5 Å². The molecular weight excluding hydrogens is 252 g/mol. The molecule has 3 N–H and O–H groups in total. The van der Waals surface area contributed by atoms with E-state index < -0.39 is 0 Å². The topological polar surface area (TPSA) is 64.3 Å². The summed E-state index contributed by atoms with van der Waals surface area (Å²) in [6.45, 7) is 5.14. The molecule has 0 aliphatic heterocycles. The molecule has 0 saturated carbocycles. The third-order valence-corrected chi connectivity index (χ3v) is 3.07. The predicted molar refractivity (Wildman–Crippen MR) is 73.1 cm³/mol. The van der Waals surface area contributed by atoms with E-state index in [9.17, 15) is 4.79 Å². The Labute approximate surface area is 112 Å². The summed E-state index contributed by atoms with van der Waals surface area (Å²) in [5.41, 5.74) is 7.23. The van der Waals surface area contributed by atoms with Crippen LogP contribution in [0.25, 0.3) is 0 Å². The van der Waals surface area contributed by atoms with Crippen molar-refractivity contribution in [2.45, 2.75) is 20.3 Å². The highest BCUT2D eigenvalue weighted by Gasteiger charge is 2.05. The van der Waals surface area contributed by atoms with Gasteiger partial charge in [0.05, 0.1) is 13.0 Å². The maximum Gasteiger partial charge on any atom is 0.223 e. The van der Waals surface area contributed by atoms with Crippen molar-refractivity contribution in [2.24, 2.45) is 5.73 Å². The highest BCUT2D eigenvalue weighted by Crippen LogP contribution is 2.25. The zero-order valence-corrected chi connectivity index (χ0v) is 11.5. The second-order valence-corrected chi connectivity index (χ2v) is 4.49. The average Bonchev–Trinajstić information content (AvgIpc) is 2.33.